The van der Waals surface area contributed by atoms with Gasteiger partial charge in [0.1, 0.15) is 0 Å². The van der Waals surface area contributed by atoms with Crippen LogP contribution in [-0.4, -0.2) is 20.5 Å². The van der Waals surface area contributed by atoms with Crippen molar-refractivity contribution in [3.63, 3.8) is 0 Å². The zero-order valence-electron chi connectivity index (χ0n) is 10.6. The van der Waals surface area contributed by atoms with Gasteiger partial charge in [-0.15, -0.1) is 0 Å². The fourth-order valence-electron chi connectivity index (χ4n) is 2.38. The maximum Gasteiger partial charge on any atom is 0.241 e. The molecule has 100 valence electrons. The number of benzene rings is 1. The lowest BCUT2D eigenvalue weighted by Crippen LogP contribution is -2.40. The Morgan fingerprint density at radius 3 is 2.39 bits per heavy atom. The van der Waals surface area contributed by atoms with Crippen LogP contribution >= 0.6 is 0 Å². The Hall–Kier alpha value is -0.910. The van der Waals surface area contributed by atoms with Gasteiger partial charge in [-0.05, 0) is 44.2 Å². The minimum absolute atomic E-state index is 0.0226. The Balaban J connectivity index is 2.11. The van der Waals surface area contributed by atoms with E-state index in [4.69, 9.17) is 5.73 Å². The van der Waals surface area contributed by atoms with Gasteiger partial charge < -0.3 is 5.73 Å². The van der Waals surface area contributed by atoms with Crippen LogP contribution in [0, 0.1) is 6.92 Å². The van der Waals surface area contributed by atoms with Crippen LogP contribution in [0.4, 0.5) is 0 Å². The van der Waals surface area contributed by atoms with Crippen molar-refractivity contribution in [1.29, 1.82) is 0 Å². The van der Waals surface area contributed by atoms with E-state index in [-0.39, 0.29) is 12.1 Å². The van der Waals surface area contributed by atoms with Gasteiger partial charge in [-0.2, -0.15) is 0 Å². The Labute approximate surface area is 109 Å². The minimum Gasteiger partial charge on any atom is -0.328 e. The number of aryl methyl sites for hydroxylation is 1. The molecule has 1 saturated carbocycles. The molecule has 0 aromatic heterocycles. The van der Waals surface area contributed by atoms with Crippen LogP contribution in [0.5, 0.6) is 0 Å². The van der Waals surface area contributed by atoms with Crippen molar-refractivity contribution in [2.24, 2.45) is 5.73 Å². The summed E-state index contributed by atoms with van der Waals surface area (Å²) in [6.07, 6.45) is 3.43. The van der Waals surface area contributed by atoms with Gasteiger partial charge in [-0.1, -0.05) is 18.2 Å². The molecule has 0 unspecified atom stereocenters. The first-order chi connectivity index (χ1) is 8.49. The average molecular weight is 268 g/mol. The summed E-state index contributed by atoms with van der Waals surface area (Å²) in [5.41, 5.74) is 6.59. The van der Waals surface area contributed by atoms with Gasteiger partial charge in [0, 0.05) is 12.1 Å². The highest BCUT2D eigenvalue weighted by molar-refractivity contribution is 7.89. The Morgan fingerprint density at radius 2 is 1.78 bits per heavy atom. The zero-order chi connectivity index (χ0) is 13.2. The summed E-state index contributed by atoms with van der Waals surface area (Å²) in [6.45, 7) is 1.81. The molecule has 0 radical (unpaired) electrons. The van der Waals surface area contributed by atoms with Gasteiger partial charge in [0.2, 0.25) is 10.0 Å². The van der Waals surface area contributed by atoms with Crippen molar-refractivity contribution in [1.82, 2.24) is 4.72 Å². The molecule has 0 bridgehead atoms. The van der Waals surface area contributed by atoms with Crippen molar-refractivity contribution in [2.45, 2.75) is 49.6 Å². The third-order valence-corrected chi connectivity index (χ3v) is 5.16. The number of rotatable bonds is 3. The topological polar surface area (TPSA) is 72.2 Å². The van der Waals surface area contributed by atoms with Gasteiger partial charge in [0.15, 0.2) is 0 Å². The highest BCUT2D eigenvalue weighted by Gasteiger charge is 2.24. The van der Waals surface area contributed by atoms with Crippen molar-refractivity contribution in [3.8, 4) is 0 Å². The summed E-state index contributed by atoms with van der Waals surface area (Å²) in [6, 6.07) is 7.29. The second-order valence-electron chi connectivity index (χ2n) is 5.00. The molecule has 5 heteroatoms. The Bertz CT molecular complexity index is 505. The van der Waals surface area contributed by atoms with Crippen molar-refractivity contribution in [2.75, 3.05) is 0 Å². The van der Waals surface area contributed by atoms with E-state index >= 15 is 0 Å². The van der Waals surface area contributed by atoms with Crippen molar-refractivity contribution >= 4 is 10.0 Å². The van der Waals surface area contributed by atoms with Gasteiger partial charge in [0.05, 0.1) is 4.90 Å². The van der Waals surface area contributed by atoms with Crippen LogP contribution in [-0.2, 0) is 10.0 Å². The standard InChI is InChI=1S/C13H20N2O2S/c1-10-4-2-3-5-13(10)18(16,17)15-12-8-6-11(14)7-9-12/h2-5,11-12,15H,6-9,14H2,1H3. The van der Waals surface area contributed by atoms with Crippen LogP contribution in [0.2, 0.25) is 0 Å². The molecule has 1 aromatic carbocycles. The van der Waals surface area contributed by atoms with E-state index in [2.05, 4.69) is 4.72 Å². The first kappa shape index (κ1) is 13.5. The van der Waals surface area contributed by atoms with Crippen LogP contribution in [0.1, 0.15) is 31.2 Å². The van der Waals surface area contributed by atoms with E-state index in [1.807, 2.05) is 19.1 Å². The Morgan fingerprint density at radius 1 is 1.17 bits per heavy atom. The molecule has 0 saturated heterocycles. The number of nitrogens with two attached hydrogens (primary N) is 1. The lowest BCUT2D eigenvalue weighted by atomic mass is 9.93. The van der Waals surface area contributed by atoms with Gasteiger partial charge in [-0.25, -0.2) is 13.1 Å². The summed E-state index contributed by atoms with van der Waals surface area (Å²) in [5, 5.41) is 0. The third-order valence-electron chi connectivity index (χ3n) is 3.48. The fraction of sp³-hybridized carbons (Fsp3) is 0.538. The maximum atomic E-state index is 12.3. The van der Waals surface area contributed by atoms with Crippen LogP contribution in [0.15, 0.2) is 29.2 Å². The number of hydrogen-bond donors (Lipinski definition) is 2. The van der Waals surface area contributed by atoms with E-state index in [0.717, 1.165) is 31.2 Å². The smallest absolute Gasteiger partial charge is 0.241 e. The molecule has 2 rings (SSSR count). The third kappa shape index (κ3) is 3.10. The lowest BCUT2D eigenvalue weighted by molar-refractivity contribution is 0.373. The summed E-state index contributed by atoms with van der Waals surface area (Å²) in [5.74, 6) is 0. The lowest BCUT2D eigenvalue weighted by Gasteiger charge is -2.26. The minimum atomic E-state index is -3.40. The molecule has 0 aliphatic heterocycles. The normalized spacial score (nSPS) is 25.0. The highest BCUT2D eigenvalue weighted by Crippen LogP contribution is 2.20. The molecule has 18 heavy (non-hydrogen) atoms. The first-order valence-electron chi connectivity index (χ1n) is 6.32. The average Bonchev–Trinajstić information content (AvgIpc) is 2.32. The van der Waals surface area contributed by atoms with Gasteiger partial charge in [-0.3, -0.25) is 0 Å². The quantitative estimate of drug-likeness (QED) is 0.873. The van der Waals surface area contributed by atoms with Crippen molar-refractivity contribution < 1.29 is 8.42 Å². The zero-order valence-corrected chi connectivity index (χ0v) is 11.4. The SMILES string of the molecule is Cc1ccccc1S(=O)(=O)NC1CCC(N)CC1. The van der Waals surface area contributed by atoms with Gasteiger partial charge >= 0.3 is 0 Å². The van der Waals surface area contributed by atoms with E-state index in [0.29, 0.717) is 4.90 Å². The van der Waals surface area contributed by atoms with E-state index in [1.54, 1.807) is 12.1 Å². The molecule has 0 spiro atoms. The second-order valence-corrected chi connectivity index (χ2v) is 6.68. The molecule has 0 heterocycles. The maximum absolute atomic E-state index is 12.3. The molecule has 0 amide bonds. The summed E-state index contributed by atoms with van der Waals surface area (Å²) in [4.78, 5) is 0.375. The molecule has 4 nitrogen and oxygen atoms in total. The van der Waals surface area contributed by atoms with E-state index < -0.39 is 10.0 Å². The van der Waals surface area contributed by atoms with E-state index in [1.165, 1.54) is 0 Å². The van der Waals surface area contributed by atoms with Crippen LogP contribution < -0.4 is 10.5 Å². The molecule has 0 atom stereocenters. The van der Waals surface area contributed by atoms with Crippen LogP contribution in [0.25, 0.3) is 0 Å². The predicted octanol–water partition coefficient (Wildman–Crippen LogP) is 1.54. The monoisotopic (exact) mass is 268 g/mol. The summed E-state index contributed by atoms with van der Waals surface area (Å²) in [7, 11) is -3.40. The number of hydrogen-bond acceptors (Lipinski definition) is 3. The Kier molecular flexibility index (Phi) is 4.04. The summed E-state index contributed by atoms with van der Waals surface area (Å²) < 4.78 is 27.3. The largest absolute Gasteiger partial charge is 0.328 e. The highest BCUT2D eigenvalue weighted by atomic mass is 32.2. The predicted molar refractivity (Wildman–Crippen MR) is 71.7 cm³/mol. The molecule has 1 aliphatic rings. The molecule has 1 aromatic rings. The molecular weight excluding hydrogens is 248 g/mol. The van der Waals surface area contributed by atoms with E-state index in [9.17, 15) is 8.42 Å². The first-order valence-corrected chi connectivity index (χ1v) is 7.81. The second kappa shape index (κ2) is 5.38. The molecule has 1 aliphatic carbocycles. The van der Waals surface area contributed by atoms with Crippen LogP contribution in [0.3, 0.4) is 0 Å². The number of nitrogens with one attached hydrogen (secondary N) is 1. The molecule has 1 fully saturated rings. The molecular formula is C13H20N2O2S. The number of sulfonamides is 1. The fourth-order valence-corrected chi connectivity index (χ4v) is 3.93. The molecule has 3 N–H and O–H groups in total. The van der Waals surface area contributed by atoms with Crippen molar-refractivity contribution in [3.05, 3.63) is 29.8 Å². The summed E-state index contributed by atoms with van der Waals surface area (Å²) >= 11 is 0. The van der Waals surface area contributed by atoms with Gasteiger partial charge in [0.25, 0.3) is 0 Å².